The van der Waals surface area contributed by atoms with Gasteiger partial charge in [0.2, 0.25) is 0 Å². The molecule has 0 unspecified atom stereocenters. The Kier molecular flexibility index (Phi) is 7.29. The molecule has 1 aromatic rings. The summed E-state index contributed by atoms with van der Waals surface area (Å²) in [7, 11) is 1.50. The zero-order valence-electron chi connectivity index (χ0n) is 12.9. The van der Waals surface area contributed by atoms with Gasteiger partial charge >= 0.3 is 0 Å². The highest BCUT2D eigenvalue weighted by atomic mass is 16.5. The van der Waals surface area contributed by atoms with Gasteiger partial charge in [-0.3, -0.25) is 9.59 Å². The lowest BCUT2D eigenvalue weighted by Gasteiger charge is -2.11. The monoisotopic (exact) mass is 293 g/mol. The summed E-state index contributed by atoms with van der Waals surface area (Å²) >= 11 is 0. The van der Waals surface area contributed by atoms with Crippen LogP contribution in [-0.2, 0) is 4.79 Å². The van der Waals surface area contributed by atoms with E-state index >= 15 is 0 Å². The third-order valence-corrected chi connectivity index (χ3v) is 3.03. The van der Waals surface area contributed by atoms with Crippen molar-refractivity contribution >= 4 is 11.7 Å². The first-order valence-electron chi connectivity index (χ1n) is 7.17. The number of amides is 1. The molecule has 1 aromatic carbocycles. The van der Waals surface area contributed by atoms with Crippen LogP contribution in [0.25, 0.3) is 0 Å². The van der Waals surface area contributed by atoms with Crippen molar-refractivity contribution in [3.63, 3.8) is 0 Å². The number of ether oxygens (including phenoxy) is 2. The number of Topliss-reactive ketones (excluding diaryl/α,β-unsaturated/α-hetero) is 1. The van der Waals surface area contributed by atoms with E-state index in [0.717, 1.165) is 19.3 Å². The van der Waals surface area contributed by atoms with Crippen molar-refractivity contribution in [2.75, 3.05) is 20.3 Å². The van der Waals surface area contributed by atoms with Crippen molar-refractivity contribution in [1.29, 1.82) is 0 Å². The summed E-state index contributed by atoms with van der Waals surface area (Å²) in [5, 5.41) is 2.80. The molecule has 0 fully saturated rings. The first-order valence-corrected chi connectivity index (χ1v) is 7.17. The third-order valence-electron chi connectivity index (χ3n) is 3.03. The van der Waals surface area contributed by atoms with Gasteiger partial charge in [-0.25, -0.2) is 0 Å². The van der Waals surface area contributed by atoms with Gasteiger partial charge in [0.15, 0.2) is 23.9 Å². The van der Waals surface area contributed by atoms with E-state index in [1.54, 1.807) is 18.2 Å². The zero-order chi connectivity index (χ0) is 15.7. The van der Waals surface area contributed by atoms with Gasteiger partial charge in [-0.05, 0) is 31.5 Å². The predicted molar refractivity (Wildman–Crippen MR) is 81.0 cm³/mol. The van der Waals surface area contributed by atoms with Gasteiger partial charge in [0.05, 0.1) is 7.11 Å². The molecule has 21 heavy (non-hydrogen) atoms. The number of carbonyl (C=O) groups is 2. The van der Waals surface area contributed by atoms with Gasteiger partial charge in [-0.2, -0.15) is 0 Å². The Morgan fingerprint density at radius 3 is 2.57 bits per heavy atom. The first-order chi connectivity index (χ1) is 10.1. The summed E-state index contributed by atoms with van der Waals surface area (Å²) in [4.78, 5) is 22.9. The summed E-state index contributed by atoms with van der Waals surface area (Å²) in [5.74, 6) is 0.685. The number of unbranched alkanes of at least 4 members (excludes halogenated alkanes) is 2. The fraction of sp³-hybridized carbons (Fsp3) is 0.500. The minimum Gasteiger partial charge on any atom is -0.493 e. The molecule has 5 heteroatoms. The second kappa shape index (κ2) is 9.00. The van der Waals surface area contributed by atoms with Crippen LogP contribution in [0.2, 0.25) is 0 Å². The quantitative estimate of drug-likeness (QED) is 0.561. The van der Waals surface area contributed by atoms with Crippen LogP contribution in [0.3, 0.4) is 0 Å². The molecule has 0 atom stereocenters. The molecule has 0 aliphatic heterocycles. The van der Waals surface area contributed by atoms with E-state index in [2.05, 4.69) is 12.2 Å². The summed E-state index contributed by atoms with van der Waals surface area (Å²) in [6, 6.07) is 4.90. The fourth-order valence-corrected chi connectivity index (χ4v) is 1.80. The smallest absolute Gasteiger partial charge is 0.257 e. The van der Waals surface area contributed by atoms with Gasteiger partial charge < -0.3 is 14.8 Å². The highest BCUT2D eigenvalue weighted by Crippen LogP contribution is 2.28. The van der Waals surface area contributed by atoms with Crippen molar-refractivity contribution in [2.45, 2.75) is 33.1 Å². The first kappa shape index (κ1) is 17.0. The number of benzene rings is 1. The molecule has 0 bridgehead atoms. The molecule has 5 nitrogen and oxygen atoms in total. The third kappa shape index (κ3) is 5.85. The molecule has 116 valence electrons. The van der Waals surface area contributed by atoms with Crippen LogP contribution in [0.5, 0.6) is 11.5 Å². The minimum atomic E-state index is -0.163. The van der Waals surface area contributed by atoms with Crippen molar-refractivity contribution in [1.82, 2.24) is 5.32 Å². The van der Waals surface area contributed by atoms with Gasteiger partial charge in [0.25, 0.3) is 5.91 Å². The topological polar surface area (TPSA) is 64.6 Å². The molecule has 0 aliphatic rings. The highest BCUT2D eigenvalue weighted by Gasteiger charge is 2.10. The van der Waals surface area contributed by atoms with Gasteiger partial charge in [0, 0.05) is 12.1 Å². The lowest BCUT2D eigenvalue weighted by molar-refractivity contribution is -0.123. The summed E-state index contributed by atoms with van der Waals surface area (Å²) in [6.07, 6.45) is 3.19. The molecule has 1 amide bonds. The van der Waals surface area contributed by atoms with Crippen LogP contribution < -0.4 is 14.8 Å². The Hall–Kier alpha value is -2.04. The number of methoxy groups -OCH3 is 1. The minimum absolute atomic E-state index is 0.0477. The van der Waals surface area contributed by atoms with E-state index < -0.39 is 0 Å². The van der Waals surface area contributed by atoms with E-state index in [0.29, 0.717) is 23.6 Å². The molecule has 0 saturated carbocycles. The number of ketones is 1. The highest BCUT2D eigenvalue weighted by molar-refractivity contribution is 5.94. The molecular weight excluding hydrogens is 270 g/mol. The Morgan fingerprint density at radius 2 is 1.95 bits per heavy atom. The molecule has 0 aliphatic carbocycles. The van der Waals surface area contributed by atoms with E-state index in [1.807, 2.05) is 0 Å². The Bertz CT molecular complexity index is 485. The normalized spacial score (nSPS) is 10.0. The van der Waals surface area contributed by atoms with E-state index in [-0.39, 0.29) is 18.3 Å². The standard InChI is InChI=1S/C16H23NO4/c1-4-5-6-9-17-16(19)11-21-14-8-7-13(12(2)18)10-15(14)20-3/h7-8,10H,4-6,9,11H2,1-3H3,(H,17,19). The van der Waals surface area contributed by atoms with Crippen molar-refractivity contribution in [3.8, 4) is 11.5 Å². The lowest BCUT2D eigenvalue weighted by atomic mass is 10.1. The van der Waals surface area contributed by atoms with Crippen molar-refractivity contribution in [3.05, 3.63) is 23.8 Å². The maximum Gasteiger partial charge on any atom is 0.257 e. The Morgan fingerprint density at radius 1 is 1.19 bits per heavy atom. The van der Waals surface area contributed by atoms with Crippen LogP contribution in [0.1, 0.15) is 43.5 Å². The molecule has 1 N–H and O–H groups in total. The number of hydrogen-bond donors (Lipinski definition) is 1. The number of hydrogen-bond acceptors (Lipinski definition) is 4. The molecule has 0 radical (unpaired) electrons. The van der Waals surface area contributed by atoms with Crippen LogP contribution in [-0.4, -0.2) is 32.0 Å². The lowest BCUT2D eigenvalue weighted by Crippen LogP contribution is -2.29. The zero-order valence-corrected chi connectivity index (χ0v) is 12.9. The number of nitrogens with one attached hydrogen (secondary N) is 1. The van der Waals surface area contributed by atoms with E-state index in [1.165, 1.54) is 14.0 Å². The predicted octanol–water partition coefficient (Wildman–Crippen LogP) is 2.58. The van der Waals surface area contributed by atoms with Crippen LogP contribution in [0.15, 0.2) is 18.2 Å². The van der Waals surface area contributed by atoms with E-state index in [9.17, 15) is 9.59 Å². The second-order valence-corrected chi connectivity index (χ2v) is 4.77. The summed E-state index contributed by atoms with van der Waals surface area (Å²) < 4.78 is 10.6. The number of carbonyl (C=O) groups excluding carboxylic acids is 2. The SMILES string of the molecule is CCCCCNC(=O)COc1ccc(C(C)=O)cc1OC. The molecule has 0 heterocycles. The molecule has 0 spiro atoms. The number of rotatable bonds is 9. The van der Waals surface area contributed by atoms with Crippen molar-refractivity contribution in [2.24, 2.45) is 0 Å². The largest absolute Gasteiger partial charge is 0.493 e. The second-order valence-electron chi connectivity index (χ2n) is 4.77. The average Bonchev–Trinajstić information content (AvgIpc) is 2.49. The molecular formula is C16H23NO4. The maximum absolute atomic E-state index is 11.6. The van der Waals surface area contributed by atoms with Gasteiger partial charge in [-0.1, -0.05) is 19.8 Å². The summed E-state index contributed by atoms with van der Waals surface area (Å²) in [5.41, 5.74) is 0.545. The average molecular weight is 293 g/mol. The summed E-state index contributed by atoms with van der Waals surface area (Å²) in [6.45, 7) is 4.19. The van der Waals surface area contributed by atoms with Crippen molar-refractivity contribution < 1.29 is 19.1 Å². The van der Waals surface area contributed by atoms with Crippen LogP contribution >= 0.6 is 0 Å². The van der Waals surface area contributed by atoms with E-state index in [4.69, 9.17) is 9.47 Å². The maximum atomic E-state index is 11.6. The molecule has 0 saturated heterocycles. The van der Waals surface area contributed by atoms with Crippen LogP contribution in [0.4, 0.5) is 0 Å². The Balaban J connectivity index is 2.51. The molecule has 0 aromatic heterocycles. The van der Waals surface area contributed by atoms with Crippen LogP contribution in [0, 0.1) is 0 Å². The molecule has 1 rings (SSSR count). The fourth-order valence-electron chi connectivity index (χ4n) is 1.80. The van der Waals surface area contributed by atoms with Gasteiger partial charge in [0.1, 0.15) is 0 Å². The Labute approximate surface area is 125 Å². The van der Waals surface area contributed by atoms with Gasteiger partial charge in [-0.15, -0.1) is 0 Å².